The molecule has 1 aliphatic heterocycles. The molecule has 0 radical (unpaired) electrons. The maximum Gasteiger partial charge on any atom is 0.277 e. The van der Waals surface area contributed by atoms with Gasteiger partial charge >= 0.3 is 0 Å². The second-order valence-corrected chi connectivity index (χ2v) is 6.29. The number of nitrogens with one attached hydrogen (secondary N) is 1. The largest absolute Gasteiger partial charge is 0.340 e. The first-order valence-electron chi connectivity index (χ1n) is 8.24. The molecule has 0 spiro atoms. The Morgan fingerprint density at radius 3 is 2.36 bits per heavy atom. The number of rotatable bonds is 4. The monoisotopic (exact) mass is 342 g/mol. The number of anilines is 1. The minimum Gasteiger partial charge on any atom is -0.340 e. The van der Waals surface area contributed by atoms with Gasteiger partial charge in [0.05, 0.1) is 12.6 Å². The molecule has 0 aliphatic carbocycles. The van der Waals surface area contributed by atoms with Gasteiger partial charge in [-0.1, -0.05) is 17.3 Å². The third-order valence-corrected chi connectivity index (χ3v) is 4.26. The van der Waals surface area contributed by atoms with Crippen LogP contribution in [0.4, 0.5) is 5.69 Å². The summed E-state index contributed by atoms with van der Waals surface area (Å²) in [6, 6.07) is 7.31. The molecule has 25 heavy (non-hydrogen) atoms. The fourth-order valence-corrected chi connectivity index (χ4v) is 2.69. The predicted molar refractivity (Wildman–Crippen MR) is 93.2 cm³/mol. The van der Waals surface area contributed by atoms with Crippen molar-refractivity contribution in [2.24, 2.45) is 7.05 Å². The van der Waals surface area contributed by atoms with Gasteiger partial charge < -0.3 is 15.1 Å². The summed E-state index contributed by atoms with van der Waals surface area (Å²) in [4.78, 5) is 28.5. The van der Waals surface area contributed by atoms with E-state index in [2.05, 4.69) is 27.6 Å². The number of amides is 2. The van der Waals surface area contributed by atoms with Crippen LogP contribution in [0.3, 0.4) is 0 Å². The highest BCUT2D eigenvalue weighted by Crippen LogP contribution is 2.12. The number of aromatic nitrogens is 3. The van der Waals surface area contributed by atoms with Crippen LogP contribution in [-0.4, -0.2) is 69.8 Å². The van der Waals surface area contributed by atoms with Crippen LogP contribution in [-0.2, 0) is 18.3 Å². The summed E-state index contributed by atoms with van der Waals surface area (Å²) in [6.07, 6.45) is 1.93. The van der Waals surface area contributed by atoms with E-state index in [-0.39, 0.29) is 17.5 Å². The first-order chi connectivity index (χ1) is 12.0. The van der Waals surface area contributed by atoms with Crippen LogP contribution in [0.15, 0.2) is 30.5 Å². The smallest absolute Gasteiger partial charge is 0.277 e. The Kier molecular flexibility index (Phi) is 5.08. The summed E-state index contributed by atoms with van der Waals surface area (Å²) in [6.45, 7) is 3.39. The first kappa shape index (κ1) is 17.1. The van der Waals surface area contributed by atoms with Crippen LogP contribution in [0.5, 0.6) is 0 Å². The lowest BCUT2D eigenvalue weighted by Gasteiger charge is -2.32. The standard InChI is InChI=1S/C17H22N6O2/c1-21-7-9-23(10-8-21)16(24)11-13-3-5-14(6-4-13)18-17(25)15-12-22(2)20-19-15/h3-6,12H,7-11H2,1-2H3,(H,18,25). The second kappa shape index (κ2) is 7.43. The van der Waals surface area contributed by atoms with Crippen LogP contribution in [0.25, 0.3) is 0 Å². The van der Waals surface area contributed by atoms with Gasteiger partial charge in [-0.2, -0.15) is 0 Å². The van der Waals surface area contributed by atoms with E-state index in [0.717, 1.165) is 31.7 Å². The molecule has 132 valence electrons. The van der Waals surface area contributed by atoms with E-state index in [0.29, 0.717) is 12.1 Å². The van der Waals surface area contributed by atoms with Crippen molar-refractivity contribution in [1.82, 2.24) is 24.8 Å². The summed E-state index contributed by atoms with van der Waals surface area (Å²) in [5, 5.41) is 10.3. The molecule has 1 aromatic heterocycles. The molecule has 1 saturated heterocycles. The van der Waals surface area contributed by atoms with Crippen LogP contribution in [0.2, 0.25) is 0 Å². The number of benzene rings is 1. The van der Waals surface area contributed by atoms with E-state index in [4.69, 9.17) is 0 Å². The zero-order valence-electron chi connectivity index (χ0n) is 14.5. The minimum absolute atomic E-state index is 0.143. The quantitative estimate of drug-likeness (QED) is 0.869. The fourth-order valence-electron chi connectivity index (χ4n) is 2.69. The van der Waals surface area contributed by atoms with Gasteiger partial charge in [-0.15, -0.1) is 5.10 Å². The molecule has 1 aromatic carbocycles. The Bertz CT molecular complexity index is 747. The van der Waals surface area contributed by atoms with Crippen LogP contribution >= 0.6 is 0 Å². The summed E-state index contributed by atoms with van der Waals surface area (Å²) >= 11 is 0. The van der Waals surface area contributed by atoms with Crippen molar-refractivity contribution in [1.29, 1.82) is 0 Å². The fraction of sp³-hybridized carbons (Fsp3) is 0.412. The molecule has 1 aliphatic rings. The number of carbonyl (C=O) groups excluding carboxylic acids is 2. The zero-order chi connectivity index (χ0) is 17.8. The van der Waals surface area contributed by atoms with Gasteiger partial charge in [0.25, 0.3) is 5.91 Å². The Balaban J connectivity index is 1.55. The lowest BCUT2D eigenvalue weighted by Crippen LogP contribution is -2.47. The van der Waals surface area contributed by atoms with E-state index < -0.39 is 0 Å². The maximum atomic E-state index is 12.3. The number of hydrogen-bond donors (Lipinski definition) is 1. The molecule has 0 saturated carbocycles. The Morgan fingerprint density at radius 1 is 1.08 bits per heavy atom. The molecule has 1 fully saturated rings. The van der Waals surface area contributed by atoms with Gasteiger partial charge in [-0.25, -0.2) is 0 Å². The normalized spacial score (nSPS) is 15.2. The zero-order valence-corrected chi connectivity index (χ0v) is 14.5. The predicted octanol–water partition coefficient (Wildman–Crippen LogP) is 0.384. The lowest BCUT2D eigenvalue weighted by atomic mass is 10.1. The molecule has 0 unspecified atom stereocenters. The Hall–Kier alpha value is -2.74. The molecule has 2 amide bonds. The highest BCUT2D eigenvalue weighted by molar-refractivity contribution is 6.02. The van der Waals surface area contributed by atoms with Gasteiger partial charge in [-0.3, -0.25) is 14.3 Å². The van der Waals surface area contributed by atoms with Gasteiger partial charge in [0.1, 0.15) is 0 Å². The van der Waals surface area contributed by atoms with E-state index >= 15 is 0 Å². The number of carbonyl (C=O) groups is 2. The number of hydrogen-bond acceptors (Lipinski definition) is 5. The SMILES string of the molecule is CN1CCN(C(=O)Cc2ccc(NC(=O)c3cn(C)nn3)cc2)CC1. The van der Waals surface area contributed by atoms with Gasteiger partial charge in [0.2, 0.25) is 5.91 Å². The second-order valence-electron chi connectivity index (χ2n) is 6.29. The molecule has 3 rings (SSSR count). The van der Waals surface area contributed by atoms with Crippen molar-refractivity contribution in [3.8, 4) is 0 Å². The number of aryl methyl sites for hydroxylation is 1. The minimum atomic E-state index is -0.311. The molecule has 8 nitrogen and oxygen atoms in total. The van der Waals surface area contributed by atoms with Crippen LogP contribution < -0.4 is 5.32 Å². The molecule has 0 atom stereocenters. The van der Waals surface area contributed by atoms with Crippen molar-refractivity contribution in [2.75, 3.05) is 38.5 Å². The van der Waals surface area contributed by atoms with Gasteiger partial charge in [-0.05, 0) is 24.7 Å². The highest BCUT2D eigenvalue weighted by Gasteiger charge is 2.19. The highest BCUT2D eigenvalue weighted by atomic mass is 16.2. The molecule has 2 heterocycles. The van der Waals surface area contributed by atoms with E-state index in [1.54, 1.807) is 25.4 Å². The number of likely N-dealkylation sites (N-methyl/N-ethyl adjacent to an activating group) is 1. The molecular weight excluding hydrogens is 320 g/mol. The number of piperazine rings is 1. The van der Waals surface area contributed by atoms with Crippen LogP contribution in [0, 0.1) is 0 Å². The van der Waals surface area contributed by atoms with Crippen molar-refractivity contribution < 1.29 is 9.59 Å². The first-order valence-corrected chi connectivity index (χ1v) is 8.24. The van der Waals surface area contributed by atoms with E-state index in [9.17, 15) is 9.59 Å². The topological polar surface area (TPSA) is 83.4 Å². The maximum absolute atomic E-state index is 12.3. The Labute approximate surface area is 146 Å². The van der Waals surface area contributed by atoms with Crippen molar-refractivity contribution in [3.63, 3.8) is 0 Å². The summed E-state index contributed by atoms with van der Waals surface area (Å²) in [5.41, 5.74) is 1.85. The van der Waals surface area contributed by atoms with Crippen molar-refractivity contribution >= 4 is 17.5 Å². The van der Waals surface area contributed by atoms with Crippen molar-refractivity contribution in [3.05, 3.63) is 41.7 Å². The molecular formula is C17H22N6O2. The molecule has 1 N–H and O–H groups in total. The molecule has 2 aromatic rings. The van der Waals surface area contributed by atoms with E-state index in [1.807, 2.05) is 17.0 Å². The Morgan fingerprint density at radius 2 is 1.76 bits per heavy atom. The molecule has 8 heteroatoms. The van der Waals surface area contributed by atoms with Crippen molar-refractivity contribution in [2.45, 2.75) is 6.42 Å². The average Bonchev–Trinajstić information content (AvgIpc) is 3.04. The third-order valence-electron chi connectivity index (χ3n) is 4.26. The van der Waals surface area contributed by atoms with Crippen LogP contribution in [0.1, 0.15) is 16.1 Å². The number of nitrogens with zero attached hydrogens (tertiary/aromatic N) is 5. The summed E-state index contributed by atoms with van der Waals surface area (Å²) in [5.74, 6) is -0.168. The van der Waals surface area contributed by atoms with Gasteiger partial charge in [0.15, 0.2) is 5.69 Å². The van der Waals surface area contributed by atoms with E-state index in [1.165, 1.54) is 4.68 Å². The van der Waals surface area contributed by atoms with Gasteiger partial charge in [0, 0.05) is 38.9 Å². The molecule has 0 bridgehead atoms. The average molecular weight is 342 g/mol. The summed E-state index contributed by atoms with van der Waals surface area (Å²) in [7, 11) is 3.77. The lowest BCUT2D eigenvalue weighted by molar-refractivity contribution is -0.132. The third kappa shape index (κ3) is 4.42. The summed E-state index contributed by atoms with van der Waals surface area (Å²) < 4.78 is 1.47.